The Labute approximate surface area is 160 Å². The molecule has 3 N–H and O–H groups in total. The molecule has 1 aromatic heterocycles. The first-order valence-electron chi connectivity index (χ1n) is 8.79. The number of imide groups is 2. The highest BCUT2D eigenvalue weighted by atomic mass is 16.5. The zero-order chi connectivity index (χ0) is 20.3. The Morgan fingerprint density at radius 1 is 1.18 bits per heavy atom. The molecule has 1 saturated heterocycles. The van der Waals surface area contributed by atoms with Crippen LogP contribution < -0.4 is 10.6 Å². The number of hydrogen-bond donors (Lipinski definition) is 3. The number of rotatable bonds is 6. The average molecular weight is 384 g/mol. The van der Waals surface area contributed by atoms with E-state index in [9.17, 15) is 19.2 Å². The minimum absolute atomic E-state index is 0.223. The normalized spacial score (nSPS) is 16.5. The van der Waals surface area contributed by atoms with Gasteiger partial charge >= 0.3 is 12.0 Å². The van der Waals surface area contributed by atoms with Crippen molar-refractivity contribution in [2.75, 3.05) is 0 Å². The van der Waals surface area contributed by atoms with Gasteiger partial charge in [-0.15, -0.1) is 0 Å². The Morgan fingerprint density at radius 2 is 1.86 bits per heavy atom. The first-order chi connectivity index (χ1) is 13.3. The van der Waals surface area contributed by atoms with Crippen LogP contribution in [0.1, 0.15) is 19.4 Å². The maximum absolute atomic E-state index is 12.5. The summed E-state index contributed by atoms with van der Waals surface area (Å²) < 4.78 is 5.27. The lowest BCUT2D eigenvalue weighted by molar-refractivity contribution is -0.149. The lowest BCUT2D eigenvalue weighted by Crippen LogP contribution is -2.56. The molecule has 9 heteroatoms. The number of aliphatic imine (C=N–C) groups is 1. The van der Waals surface area contributed by atoms with E-state index in [2.05, 4.69) is 9.98 Å². The predicted molar refractivity (Wildman–Crippen MR) is 101 cm³/mol. The van der Waals surface area contributed by atoms with Gasteiger partial charge in [-0.05, 0) is 25.5 Å². The number of H-pyrrole nitrogens is 1. The van der Waals surface area contributed by atoms with Crippen LogP contribution in [0, 0.1) is 5.92 Å². The molecule has 28 heavy (non-hydrogen) atoms. The van der Waals surface area contributed by atoms with Crippen LogP contribution in [0.2, 0.25) is 0 Å². The van der Waals surface area contributed by atoms with Gasteiger partial charge in [0.15, 0.2) is 12.0 Å². The molecule has 2 heterocycles. The minimum Gasteiger partial charge on any atom is -0.461 e. The highest BCUT2D eigenvalue weighted by Crippen LogP contribution is 2.20. The number of aromatic amines is 1. The van der Waals surface area contributed by atoms with E-state index in [1.54, 1.807) is 20.0 Å². The number of nitrogens with zero attached hydrogens (tertiary/aromatic N) is 1. The van der Waals surface area contributed by atoms with Crippen LogP contribution in [0.4, 0.5) is 4.79 Å². The van der Waals surface area contributed by atoms with Crippen molar-refractivity contribution in [2.45, 2.75) is 32.4 Å². The number of amides is 4. The van der Waals surface area contributed by atoms with Gasteiger partial charge in [-0.1, -0.05) is 18.2 Å². The second kappa shape index (κ2) is 8.03. The summed E-state index contributed by atoms with van der Waals surface area (Å²) >= 11 is 0. The van der Waals surface area contributed by atoms with Crippen LogP contribution in [-0.2, 0) is 25.5 Å². The zero-order valence-corrected chi connectivity index (χ0v) is 15.4. The second-order valence-corrected chi connectivity index (χ2v) is 6.65. The fraction of sp³-hybridized carbons (Fsp3) is 0.316. The molecule has 1 atom stereocenters. The number of urea groups is 1. The van der Waals surface area contributed by atoms with E-state index in [0.717, 1.165) is 22.7 Å². The summed E-state index contributed by atoms with van der Waals surface area (Å²) in [6, 6.07) is 5.79. The maximum Gasteiger partial charge on any atom is 0.331 e. The number of barbiturate groups is 1. The summed E-state index contributed by atoms with van der Waals surface area (Å²) in [7, 11) is 0. The number of carbonyl (C=O) groups is 4. The van der Waals surface area contributed by atoms with Crippen molar-refractivity contribution in [1.82, 2.24) is 15.6 Å². The Hall–Kier alpha value is -3.49. The quantitative estimate of drug-likeness (QED) is 0.390. The molecule has 0 spiro atoms. The fourth-order valence-corrected chi connectivity index (χ4v) is 2.87. The van der Waals surface area contributed by atoms with E-state index >= 15 is 0 Å². The number of nitrogens with one attached hydrogen (secondary N) is 3. The number of ether oxygens (including phenoxy) is 1. The molecule has 1 aliphatic rings. The Kier molecular flexibility index (Phi) is 5.53. The number of benzene rings is 1. The van der Waals surface area contributed by atoms with Crippen molar-refractivity contribution in [3.05, 3.63) is 36.0 Å². The first-order valence-corrected chi connectivity index (χ1v) is 8.79. The van der Waals surface area contributed by atoms with E-state index in [1.165, 1.54) is 0 Å². The van der Waals surface area contributed by atoms with Crippen molar-refractivity contribution in [1.29, 1.82) is 0 Å². The van der Waals surface area contributed by atoms with E-state index < -0.39 is 35.8 Å². The maximum atomic E-state index is 12.5. The lowest BCUT2D eigenvalue weighted by atomic mass is 10.0. The van der Waals surface area contributed by atoms with Crippen molar-refractivity contribution in [3.8, 4) is 0 Å². The Bertz CT molecular complexity index is 942. The Balaban J connectivity index is 1.84. The van der Waals surface area contributed by atoms with Gasteiger partial charge in [-0.3, -0.25) is 25.2 Å². The summed E-state index contributed by atoms with van der Waals surface area (Å²) in [4.78, 5) is 54.7. The van der Waals surface area contributed by atoms with Gasteiger partial charge in [-0.25, -0.2) is 9.59 Å². The molecule has 0 bridgehead atoms. The Morgan fingerprint density at radius 3 is 2.54 bits per heavy atom. The van der Waals surface area contributed by atoms with Gasteiger partial charge in [0.25, 0.3) is 0 Å². The van der Waals surface area contributed by atoms with E-state index in [4.69, 9.17) is 4.74 Å². The van der Waals surface area contributed by atoms with Gasteiger partial charge in [0.1, 0.15) is 0 Å². The highest BCUT2D eigenvalue weighted by Gasteiger charge is 2.33. The zero-order valence-electron chi connectivity index (χ0n) is 15.4. The van der Waals surface area contributed by atoms with Gasteiger partial charge in [0.2, 0.25) is 11.8 Å². The largest absolute Gasteiger partial charge is 0.461 e. The summed E-state index contributed by atoms with van der Waals surface area (Å²) in [5.41, 5.74) is 1.77. The number of esters is 1. The van der Waals surface area contributed by atoms with Gasteiger partial charge < -0.3 is 9.72 Å². The standard InChI is InChI=1S/C19H20N4O5/c1-10(2)28-18(26)15(7-11-8-20-14-6-4-3-5-12(11)14)21-9-13-16(24)22-19(27)23-17(13)25/h3-6,8-10,13,15,20H,7H2,1-2H3,(H2,22,23,24,25,27)/t15-/m1/s1. The molecular weight excluding hydrogens is 364 g/mol. The van der Waals surface area contributed by atoms with E-state index in [0.29, 0.717) is 0 Å². The van der Waals surface area contributed by atoms with Gasteiger partial charge in [0, 0.05) is 29.7 Å². The second-order valence-electron chi connectivity index (χ2n) is 6.65. The topological polar surface area (TPSA) is 130 Å². The molecule has 3 rings (SSSR count). The molecule has 4 amide bonds. The summed E-state index contributed by atoms with van der Waals surface area (Å²) in [6.45, 7) is 3.44. The predicted octanol–water partition coefficient (Wildman–Crippen LogP) is 1.08. The van der Waals surface area contributed by atoms with E-state index in [1.807, 2.05) is 34.9 Å². The number of para-hydroxylation sites is 1. The van der Waals surface area contributed by atoms with Crippen LogP contribution in [-0.4, -0.2) is 47.2 Å². The number of hydrogen-bond acceptors (Lipinski definition) is 6. The van der Waals surface area contributed by atoms with Crippen LogP contribution in [0.3, 0.4) is 0 Å². The number of carbonyl (C=O) groups excluding carboxylic acids is 4. The average Bonchev–Trinajstić information content (AvgIpc) is 3.02. The molecule has 1 aromatic carbocycles. The minimum atomic E-state index is -1.30. The van der Waals surface area contributed by atoms with Crippen molar-refractivity contribution in [2.24, 2.45) is 10.9 Å². The SMILES string of the molecule is CC(C)OC(=O)[C@@H](Cc1c[nH]c2ccccc12)N=CC1C(=O)NC(=O)NC1=O. The smallest absolute Gasteiger partial charge is 0.331 e. The molecule has 1 aliphatic heterocycles. The molecule has 146 valence electrons. The molecule has 0 aliphatic carbocycles. The molecular formula is C19H20N4O5. The van der Waals surface area contributed by atoms with Gasteiger partial charge in [-0.2, -0.15) is 0 Å². The molecule has 9 nitrogen and oxygen atoms in total. The third-order valence-electron chi connectivity index (χ3n) is 4.17. The van der Waals surface area contributed by atoms with Crippen LogP contribution in [0.15, 0.2) is 35.5 Å². The van der Waals surface area contributed by atoms with Crippen molar-refractivity contribution in [3.63, 3.8) is 0 Å². The van der Waals surface area contributed by atoms with Crippen LogP contribution >= 0.6 is 0 Å². The number of fused-ring (bicyclic) bond motifs is 1. The van der Waals surface area contributed by atoms with Crippen molar-refractivity contribution >= 4 is 40.9 Å². The lowest BCUT2D eigenvalue weighted by Gasteiger charge is -2.18. The highest BCUT2D eigenvalue weighted by molar-refractivity contribution is 6.23. The summed E-state index contributed by atoms with van der Waals surface area (Å²) in [6.07, 6.45) is 2.75. The molecule has 0 unspecified atom stereocenters. The van der Waals surface area contributed by atoms with Gasteiger partial charge in [0.05, 0.1) is 6.10 Å². The molecule has 1 fully saturated rings. The number of aromatic nitrogens is 1. The fourth-order valence-electron chi connectivity index (χ4n) is 2.87. The molecule has 0 radical (unpaired) electrons. The summed E-state index contributed by atoms with van der Waals surface area (Å²) in [5, 5.41) is 4.93. The summed E-state index contributed by atoms with van der Waals surface area (Å²) in [5.74, 6) is -3.44. The molecule has 2 aromatic rings. The van der Waals surface area contributed by atoms with Crippen LogP contribution in [0.5, 0.6) is 0 Å². The van der Waals surface area contributed by atoms with E-state index in [-0.39, 0.29) is 12.5 Å². The monoisotopic (exact) mass is 384 g/mol. The van der Waals surface area contributed by atoms with Crippen molar-refractivity contribution < 1.29 is 23.9 Å². The third kappa shape index (κ3) is 4.25. The molecule has 0 saturated carbocycles. The first kappa shape index (κ1) is 19.3. The van der Waals surface area contributed by atoms with Crippen LogP contribution in [0.25, 0.3) is 10.9 Å². The third-order valence-corrected chi connectivity index (χ3v) is 4.17.